The number of rotatable bonds is 6. The van der Waals surface area contributed by atoms with Crippen molar-refractivity contribution in [1.82, 2.24) is 9.88 Å². The molecular weight excluding hydrogens is 424 g/mol. The standard InChI is InChI=1S/C20H26N4O4S2/c1-3-4-17-22-13(2)18(29-17)20(26)24-11-9-14(10-12-24)19(25)23-15-5-7-16(8-6-15)30(21,27)28/h5-8,14H,3-4,9-12H2,1-2H3,(H,23,25)(H2,21,27,28). The molecule has 8 nitrogen and oxygen atoms in total. The van der Waals surface area contributed by atoms with Crippen molar-refractivity contribution < 1.29 is 18.0 Å². The van der Waals surface area contributed by atoms with Gasteiger partial charge in [-0.3, -0.25) is 9.59 Å². The molecule has 3 rings (SSSR count). The lowest BCUT2D eigenvalue weighted by Gasteiger charge is -2.31. The van der Waals surface area contributed by atoms with E-state index in [1.807, 2.05) is 6.92 Å². The number of benzene rings is 1. The molecule has 1 aliphatic heterocycles. The van der Waals surface area contributed by atoms with E-state index < -0.39 is 10.0 Å². The molecule has 1 fully saturated rings. The van der Waals surface area contributed by atoms with Gasteiger partial charge in [-0.1, -0.05) is 6.92 Å². The van der Waals surface area contributed by atoms with Gasteiger partial charge in [-0.25, -0.2) is 18.5 Å². The van der Waals surface area contributed by atoms with Gasteiger partial charge in [0.25, 0.3) is 5.91 Å². The Balaban J connectivity index is 1.56. The number of piperidine rings is 1. The van der Waals surface area contributed by atoms with E-state index in [0.29, 0.717) is 36.5 Å². The Hall–Kier alpha value is -2.30. The minimum Gasteiger partial charge on any atom is -0.338 e. The summed E-state index contributed by atoms with van der Waals surface area (Å²) in [4.78, 5) is 32.4. The van der Waals surface area contributed by atoms with Gasteiger partial charge in [0.1, 0.15) is 4.88 Å². The second kappa shape index (κ2) is 9.23. The topological polar surface area (TPSA) is 122 Å². The number of aryl methyl sites for hydroxylation is 2. The minimum atomic E-state index is -3.76. The van der Waals surface area contributed by atoms with Crippen LogP contribution in [-0.2, 0) is 21.2 Å². The Bertz CT molecular complexity index is 1020. The lowest BCUT2D eigenvalue weighted by Crippen LogP contribution is -2.41. The highest BCUT2D eigenvalue weighted by molar-refractivity contribution is 7.89. The molecule has 0 radical (unpaired) electrons. The Morgan fingerprint density at radius 3 is 2.43 bits per heavy atom. The van der Waals surface area contributed by atoms with E-state index in [9.17, 15) is 18.0 Å². The van der Waals surface area contributed by atoms with Crippen molar-refractivity contribution in [2.45, 2.75) is 44.4 Å². The number of primary sulfonamides is 1. The van der Waals surface area contributed by atoms with Crippen molar-refractivity contribution in [3.8, 4) is 0 Å². The summed E-state index contributed by atoms with van der Waals surface area (Å²) in [5, 5.41) is 8.87. The summed E-state index contributed by atoms with van der Waals surface area (Å²) in [6, 6.07) is 5.74. The molecule has 1 aromatic heterocycles. The number of amides is 2. The third-order valence-corrected chi connectivity index (χ3v) is 7.24. The molecular formula is C20H26N4O4S2. The molecule has 1 aromatic carbocycles. The largest absolute Gasteiger partial charge is 0.338 e. The first kappa shape index (κ1) is 22.4. The summed E-state index contributed by atoms with van der Waals surface area (Å²) >= 11 is 1.46. The number of carbonyl (C=O) groups excluding carboxylic acids is 2. The van der Waals surface area contributed by atoms with Gasteiger partial charge in [0.2, 0.25) is 15.9 Å². The fraction of sp³-hybridized carbons (Fsp3) is 0.450. The monoisotopic (exact) mass is 450 g/mol. The van der Waals surface area contributed by atoms with Crippen LogP contribution in [0, 0.1) is 12.8 Å². The van der Waals surface area contributed by atoms with Crippen molar-refractivity contribution in [2.24, 2.45) is 11.1 Å². The predicted molar refractivity (Wildman–Crippen MR) is 116 cm³/mol. The van der Waals surface area contributed by atoms with Gasteiger partial charge >= 0.3 is 0 Å². The first-order valence-corrected chi connectivity index (χ1v) is 12.2. The molecule has 0 aliphatic carbocycles. The maximum Gasteiger partial charge on any atom is 0.265 e. The van der Waals surface area contributed by atoms with Gasteiger partial charge in [-0.15, -0.1) is 11.3 Å². The number of sulfonamides is 1. The first-order chi connectivity index (χ1) is 14.2. The van der Waals surface area contributed by atoms with E-state index in [2.05, 4.69) is 17.2 Å². The third-order valence-electron chi connectivity index (χ3n) is 5.10. The molecule has 0 atom stereocenters. The highest BCUT2D eigenvalue weighted by Crippen LogP contribution is 2.25. The number of anilines is 1. The number of nitrogens with two attached hydrogens (primary N) is 1. The van der Waals surface area contributed by atoms with Crippen molar-refractivity contribution in [3.63, 3.8) is 0 Å². The molecule has 2 aromatic rings. The average Bonchev–Trinajstić information content (AvgIpc) is 3.07. The summed E-state index contributed by atoms with van der Waals surface area (Å²) in [5.74, 6) is -0.348. The zero-order valence-electron chi connectivity index (χ0n) is 17.1. The molecule has 2 heterocycles. The van der Waals surface area contributed by atoms with E-state index in [1.165, 1.54) is 35.6 Å². The third kappa shape index (κ3) is 5.24. The molecule has 30 heavy (non-hydrogen) atoms. The first-order valence-electron chi connectivity index (χ1n) is 9.88. The van der Waals surface area contributed by atoms with Crippen LogP contribution in [0.5, 0.6) is 0 Å². The van der Waals surface area contributed by atoms with Gasteiger partial charge in [0.15, 0.2) is 0 Å². The highest BCUT2D eigenvalue weighted by atomic mass is 32.2. The normalized spacial score (nSPS) is 15.2. The number of thiazole rings is 1. The van der Waals surface area contributed by atoms with Gasteiger partial charge in [-0.2, -0.15) is 0 Å². The van der Waals surface area contributed by atoms with Gasteiger partial charge in [0.05, 0.1) is 15.6 Å². The van der Waals surface area contributed by atoms with Crippen molar-refractivity contribution in [1.29, 1.82) is 0 Å². The number of hydrogen-bond acceptors (Lipinski definition) is 6. The SMILES string of the molecule is CCCc1nc(C)c(C(=O)N2CCC(C(=O)Nc3ccc(S(N)(=O)=O)cc3)CC2)s1. The Kier molecular flexibility index (Phi) is 6.89. The number of hydrogen-bond donors (Lipinski definition) is 2. The predicted octanol–water partition coefficient (Wildman–Crippen LogP) is 2.54. The van der Waals surface area contributed by atoms with Crippen LogP contribution in [-0.4, -0.2) is 43.2 Å². The lowest BCUT2D eigenvalue weighted by atomic mass is 9.95. The lowest BCUT2D eigenvalue weighted by molar-refractivity contribution is -0.121. The van der Waals surface area contributed by atoms with E-state index in [-0.39, 0.29) is 22.6 Å². The Morgan fingerprint density at radius 2 is 1.87 bits per heavy atom. The second-order valence-electron chi connectivity index (χ2n) is 7.40. The smallest absolute Gasteiger partial charge is 0.265 e. The van der Waals surface area contributed by atoms with Crippen LogP contribution in [0.4, 0.5) is 5.69 Å². The summed E-state index contributed by atoms with van der Waals surface area (Å²) in [5.41, 5.74) is 1.28. The fourth-order valence-corrected chi connectivity index (χ4v) is 5.08. The molecule has 3 N–H and O–H groups in total. The van der Waals surface area contributed by atoms with Crippen molar-refractivity contribution in [2.75, 3.05) is 18.4 Å². The van der Waals surface area contributed by atoms with Crippen molar-refractivity contribution >= 4 is 38.9 Å². The maximum atomic E-state index is 12.9. The molecule has 1 aliphatic rings. The zero-order valence-corrected chi connectivity index (χ0v) is 18.7. The molecule has 162 valence electrons. The van der Waals surface area contributed by atoms with E-state index in [1.54, 1.807) is 4.90 Å². The molecule has 10 heteroatoms. The highest BCUT2D eigenvalue weighted by Gasteiger charge is 2.29. The Morgan fingerprint density at radius 1 is 1.23 bits per heavy atom. The molecule has 0 bridgehead atoms. The maximum absolute atomic E-state index is 12.9. The minimum absolute atomic E-state index is 0.00669. The molecule has 2 amide bonds. The second-order valence-corrected chi connectivity index (χ2v) is 10.0. The molecule has 0 spiro atoms. The van der Waals surface area contributed by atoms with Crippen LogP contribution in [0.15, 0.2) is 29.2 Å². The number of nitrogens with one attached hydrogen (secondary N) is 1. The van der Waals surface area contributed by atoms with Gasteiger partial charge in [0, 0.05) is 24.7 Å². The van der Waals surface area contributed by atoms with Crippen LogP contribution < -0.4 is 10.5 Å². The number of likely N-dealkylation sites (tertiary alicyclic amines) is 1. The molecule has 0 saturated carbocycles. The quantitative estimate of drug-likeness (QED) is 0.700. The van der Waals surface area contributed by atoms with Crippen LogP contribution in [0.3, 0.4) is 0 Å². The van der Waals surface area contributed by atoms with Gasteiger partial charge in [-0.05, 0) is 56.9 Å². The number of carbonyl (C=O) groups is 2. The summed E-state index contributed by atoms with van der Waals surface area (Å²) in [6.45, 7) is 4.98. The van der Waals surface area contributed by atoms with E-state index in [4.69, 9.17) is 5.14 Å². The summed E-state index contributed by atoms with van der Waals surface area (Å²) in [6.07, 6.45) is 3.02. The van der Waals surface area contributed by atoms with E-state index >= 15 is 0 Å². The van der Waals surface area contributed by atoms with Crippen LogP contribution in [0.2, 0.25) is 0 Å². The summed E-state index contributed by atoms with van der Waals surface area (Å²) in [7, 11) is -3.76. The average molecular weight is 451 g/mol. The number of aromatic nitrogens is 1. The van der Waals surface area contributed by atoms with Crippen LogP contribution >= 0.6 is 11.3 Å². The fourth-order valence-electron chi connectivity index (χ4n) is 3.43. The summed E-state index contributed by atoms with van der Waals surface area (Å²) < 4.78 is 22.6. The molecule has 1 saturated heterocycles. The zero-order chi connectivity index (χ0) is 21.9. The van der Waals surface area contributed by atoms with Crippen molar-refractivity contribution in [3.05, 3.63) is 39.8 Å². The van der Waals surface area contributed by atoms with E-state index in [0.717, 1.165) is 23.5 Å². The van der Waals surface area contributed by atoms with Crippen LogP contribution in [0.25, 0.3) is 0 Å². The number of nitrogens with zero attached hydrogens (tertiary/aromatic N) is 2. The Labute approximate surface area is 180 Å². The molecule has 0 unspecified atom stereocenters. The van der Waals surface area contributed by atoms with Crippen LogP contribution in [0.1, 0.15) is 46.6 Å². The van der Waals surface area contributed by atoms with Gasteiger partial charge < -0.3 is 10.2 Å².